The fourth-order valence-electron chi connectivity index (χ4n) is 1.56. The molecule has 0 aromatic carbocycles. The molecule has 1 aromatic rings. The van der Waals surface area contributed by atoms with Crippen LogP contribution >= 0.6 is 15.9 Å². The highest BCUT2D eigenvalue weighted by atomic mass is 79.9. The van der Waals surface area contributed by atoms with E-state index in [9.17, 15) is 4.79 Å². The Morgan fingerprint density at radius 3 is 2.87 bits per heavy atom. The molecule has 2 heterocycles. The van der Waals surface area contributed by atoms with Crippen molar-refractivity contribution in [2.24, 2.45) is 5.92 Å². The molecule has 1 amide bonds. The Morgan fingerprint density at radius 2 is 2.33 bits per heavy atom. The Balaban J connectivity index is 2.21. The molecule has 0 aliphatic carbocycles. The van der Waals surface area contributed by atoms with Crippen LogP contribution in [-0.2, 0) is 4.79 Å². The zero-order valence-electron chi connectivity index (χ0n) is 8.06. The summed E-state index contributed by atoms with van der Waals surface area (Å²) >= 11 is 3.20. The van der Waals surface area contributed by atoms with E-state index in [0.29, 0.717) is 23.4 Å². The standard InChI is InChI=1S/C10H10BrN3O/c1-2-7-3-10(15)14(6-7)9-5-12-8(11)4-13-9/h2,4-5,7H,1,3,6H2. The van der Waals surface area contributed by atoms with E-state index in [1.807, 2.05) is 6.08 Å². The molecule has 78 valence electrons. The zero-order chi connectivity index (χ0) is 10.8. The Morgan fingerprint density at radius 1 is 1.53 bits per heavy atom. The van der Waals surface area contributed by atoms with E-state index in [4.69, 9.17) is 0 Å². The second kappa shape index (κ2) is 4.10. The third-order valence-corrected chi connectivity index (χ3v) is 2.78. The molecule has 1 aliphatic heterocycles. The minimum Gasteiger partial charge on any atom is -0.295 e. The lowest BCUT2D eigenvalue weighted by Crippen LogP contribution is -2.25. The third kappa shape index (κ3) is 2.07. The molecule has 0 bridgehead atoms. The largest absolute Gasteiger partial charge is 0.295 e. The van der Waals surface area contributed by atoms with Crippen LogP contribution in [0.3, 0.4) is 0 Å². The molecule has 0 spiro atoms. The normalized spacial score (nSPS) is 20.7. The van der Waals surface area contributed by atoms with Crippen molar-refractivity contribution in [3.8, 4) is 0 Å². The van der Waals surface area contributed by atoms with Crippen molar-refractivity contribution >= 4 is 27.7 Å². The van der Waals surface area contributed by atoms with E-state index < -0.39 is 0 Å². The second-order valence-corrected chi connectivity index (χ2v) is 4.21. The predicted octanol–water partition coefficient (Wildman–Crippen LogP) is 1.78. The van der Waals surface area contributed by atoms with Gasteiger partial charge in [0.05, 0.1) is 12.4 Å². The number of amides is 1. The highest BCUT2D eigenvalue weighted by Gasteiger charge is 2.29. The highest BCUT2D eigenvalue weighted by Crippen LogP contribution is 2.23. The van der Waals surface area contributed by atoms with Gasteiger partial charge in [-0.2, -0.15) is 0 Å². The third-order valence-electron chi connectivity index (χ3n) is 2.37. The van der Waals surface area contributed by atoms with Crippen molar-refractivity contribution in [3.63, 3.8) is 0 Å². The van der Waals surface area contributed by atoms with Gasteiger partial charge in [-0.25, -0.2) is 9.97 Å². The molecule has 1 atom stereocenters. The fourth-order valence-corrected chi connectivity index (χ4v) is 1.76. The molecule has 15 heavy (non-hydrogen) atoms. The van der Waals surface area contributed by atoms with Gasteiger partial charge in [-0.3, -0.25) is 9.69 Å². The summed E-state index contributed by atoms with van der Waals surface area (Å²) in [6, 6.07) is 0. The molecule has 0 N–H and O–H groups in total. The van der Waals surface area contributed by atoms with Gasteiger partial charge in [0.15, 0.2) is 5.82 Å². The van der Waals surface area contributed by atoms with Gasteiger partial charge < -0.3 is 0 Å². The lowest BCUT2D eigenvalue weighted by atomic mass is 10.1. The Hall–Kier alpha value is -1.23. The van der Waals surface area contributed by atoms with Crippen molar-refractivity contribution in [3.05, 3.63) is 29.7 Å². The second-order valence-electron chi connectivity index (χ2n) is 3.40. The topological polar surface area (TPSA) is 46.1 Å². The molecule has 0 radical (unpaired) electrons. The minimum atomic E-state index is 0.0801. The van der Waals surface area contributed by atoms with Crippen LogP contribution in [0.5, 0.6) is 0 Å². The number of halogens is 1. The van der Waals surface area contributed by atoms with Crippen LogP contribution in [0.4, 0.5) is 5.82 Å². The Kier molecular flexibility index (Phi) is 2.81. The average molecular weight is 268 g/mol. The van der Waals surface area contributed by atoms with Crippen LogP contribution in [0.2, 0.25) is 0 Å². The van der Waals surface area contributed by atoms with Crippen LogP contribution < -0.4 is 4.90 Å². The summed E-state index contributed by atoms with van der Waals surface area (Å²) in [5, 5.41) is 0. The number of aromatic nitrogens is 2. The van der Waals surface area contributed by atoms with Crippen LogP contribution in [0, 0.1) is 5.92 Å². The lowest BCUT2D eigenvalue weighted by Gasteiger charge is -2.13. The van der Waals surface area contributed by atoms with Crippen LogP contribution in [0.15, 0.2) is 29.7 Å². The molecular weight excluding hydrogens is 258 g/mol. The summed E-state index contributed by atoms with van der Waals surface area (Å²) in [6.45, 7) is 4.35. The Labute approximate surface area is 96.2 Å². The van der Waals surface area contributed by atoms with Crippen LogP contribution in [0.25, 0.3) is 0 Å². The van der Waals surface area contributed by atoms with Crippen molar-refractivity contribution in [2.45, 2.75) is 6.42 Å². The zero-order valence-corrected chi connectivity index (χ0v) is 9.64. The quantitative estimate of drug-likeness (QED) is 0.768. The van der Waals surface area contributed by atoms with Crippen molar-refractivity contribution in [1.82, 2.24) is 9.97 Å². The maximum Gasteiger partial charge on any atom is 0.228 e. The molecule has 5 heteroatoms. The number of anilines is 1. The molecular formula is C10H10BrN3O. The maximum atomic E-state index is 11.6. The van der Waals surface area contributed by atoms with Crippen molar-refractivity contribution in [2.75, 3.05) is 11.4 Å². The van der Waals surface area contributed by atoms with Gasteiger partial charge >= 0.3 is 0 Å². The van der Waals surface area contributed by atoms with Gasteiger partial charge in [-0.1, -0.05) is 6.08 Å². The predicted molar refractivity (Wildman–Crippen MR) is 60.4 cm³/mol. The average Bonchev–Trinajstić information content (AvgIpc) is 2.61. The first-order chi connectivity index (χ1) is 7.20. The summed E-state index contributed by atoms with van der Waals surface area (Å²) in [5.74, 6) is 0.909. The first-order valence-corrected chi connectivity index (χ1v) is 5.40. The van der Waals surface area contributed by atoms with E-state index in [1.165, 1.54) is 0 Å². The van der Waals surface area contributed by atoms with E-state index >= 15 is 0 Å². The number of hydrogen-bond acceptors (Lipinski definition) is 3. The SMILES string of the molecule is C=CC1CC(=O)N(c2cnc(Br)cn2)C1. The first kappa shape index (κ1) is 10.3. The van der Waals surface area contributed by atoms with Gasteiger partial charge in [0.25, 0.3) is 0 Å². The molecule has 1 saturated heterocycles. The summed E-state index contributed by atoms with van der Waals surface area (Å²) in [5.41, 5.74) is 0. The van der Waals surface area contributed by atoms with E-state index in [-0.39, 0.29) is 11.8 Å². The monoisotopic (exact) mass is 267 g/mol. The number of carbonyl (C=O) groups is 1. The Bertz CT molecular complexity index is 390. The molecule has 1 fully saturated rings. The number of carbonyl (C=O) groups excluding carboxylic acids is 1. The number of rotatable bonds is 2. The number of hydrogen-bond donors (Lipinski definition) is 0. The van der Waals surface area contributed by atoms with Crippen molar-refractivity contribution in [1.29, 1.82) is 0 Å². The van der Waals surface area contributed by atoms with Gasteiger partial charge in [0, 0.05) is 18.9 Å². The van der Waals surface area contributed by atoms with Crippen LogP contribution in [-0.4, -0.2) is 22.4 Å². The van der Waals surface area contributed by atoms with Gasteiger partial charge in [0.2, 0.25) is 5.91 Å². The molecule has 1 unspecified atom stereocenters. The lowest BCUT2D eigenvalue weighted by molar-refractivity contribution is -0.117. The van der Waals surface area contributed by atoms with E-state index in [2.05, 4.69) is 32.5 Å². The fraction of sp³-hybridized carbons (Fsp3) is 0.300. The minimum absolute atomic E-state index is 0.0801. The van der Waals surface area contributed by atoms with Gasteiger partial charge in [-0.05, 0) is 15.9 Å². The number of nitrogens with zero attached hydrogens (tertiary/aromatic N) is 3. The maximum absolute atomic E-state index is 11.6. The molecule has 4 nitrogen and oxygen atoms in total. The van der Waals surface area contributed by atoms with Gasteiger partial charge in [-0.15, -0.1) is 6.58 Å². The van der Waals surface area contributed by atoms with Crippen molar-refractivity contribution < 1.29 is 4.79 Å². The first-order valence-electron chi connectivity index (χ1n) is 4.61. The summed E-state index contributed by atoms with van der Waals surface area (Å²) < 4.78 is 0.665. The van der Waals surface area contributed by atoms with E-state index in [1.54, 1.807) is 17.3 Å². The summed E-state index contributed by atoms with van der Waals surface area (Å²) in [4.78, 5) is 21.5. The molecule has 0 saturated carbocycles. The summed E-state index contributed by atoms with van der Waals surface area (Å²) in [6.07, 6.45) is 5.50. The molecule has 1 aromatic heterocycles. The summed E-state index contributed by atoms with van der Waals surface area (Å²) in [7, 11) is 0. The van der Waals surface area contributed by atoms with Crippen LogP contribution in [0.1, 0.15) is 6.42 Å². The molecule has 1 aliphatic rings. The smallest absolute Gasteiger partial charge is 0.228 e. The molecule has 2 rings (SSSR count). The highest BCUT2D eigenvalue weighted by molar-refractivity contribution is 9.10. The van der Waals surface area contributed by atoms with E-state index in [0.717, 1.165) is 0 Å². The van der Waals surface area contributed by atoms with Gasteiger partial charge in [0.1, 0.15) is 4.60 Å².